The number of amides is 2. The van der Waals surface area contributed by atoms with Crippen molar-refractivity contribution in [1.29, 1.82) is 0 Å². The number of hydrogen-bond donors (Lipinski definition) is 1. The summed E-state index contributed by atoms with van der Waals surface area (Å²) in [4.78, 5) is 30.1. The molecule has 2 aromatic rings. The van der Waals surface area contributed by atoms with E-state index in [0.717, 1.165) is 17.3 Å². The van der Waals surface area contributed by atoms with Gasteiger partial charge in [0.15, 0.2) is 0 Å². The molecule has 2 amide bonds. The van der Waals surface area contributed by atoms with E-state index in [2.05, 4.69) is 10.3 Å². The molecule has 0 spiro atoms. The van der Waals surface area contributed by atoms with Crippen LogP contribution in [0.2, 0.25) is 0 Å². The zero-order valence-corrected chi connectivity index (χ0v) is 12.6. The quantitative estimate of drug-likeness (QED) is 0.940. The molecule has 0 aliphatic carbocycles. The number of nitrogens with zero attached hydrogens (tertiary/aromatic N) is 2. The van der Waals surface area contributed by atoms with E-state index in [0.29, 0.717) is 25.1 Å². The molecule has 1 fully saturated rings. The smallest absolute Gasteiger partial charge is 0.253 e. The van der Waals surface area contributed by atoms with Gasteiger partial charge in [0.25, 0.3) is 5.91 Å². The van der Waals surface area contributed by atoms with E-state index >= 15 is 0 Å². The molecule has 5 nitrogen and oxygen atoms in total. The molecular formula is C17H19N3O2. The van der Waals surface area contributed by atoms with Crippen molar-refractivity contribution in [1.82, 2.24) is 15.2 Å². The summed E-state index contributed by atoms with van der Waals surface area (Å²) in [5.41, 5.74) is 1.57. The molecule has 1 N–H and O–H groups in total. The number of fused-ring (bicyclic) bond motifs is 1. The summed E-state index contributed by atoms with van der Waals surface area (Å²) < 4.78 is 0. The fraction of sp³-hybridized carbons (Fsp3) is 0.353. The van der Waals surface area contributed by atoms with E-state index in [-0.39, 0.29) is 17.7 Å². The molecule has 0 saturated carbocycles. The molecule has 1 aromatic heterocycles. The zero-order chi connectivity index (χ0) is 15.5. The predicted molar refractivity (Wildman–Crippen MR) is 84.4 cm³/mol. The highest BCUT2D eigenvalue weighted by Crippen LogP contribution is 2.22. The lowest BCUT2D eigenvalue weighted by Crippen LogP contribution is -2.29. The lowest BCUT2D eigenvalue weighted by Gasteiger charge is -2.16. The Kier molecular flexibility index (Phi) is 4.04. The first-order chi connectivity index (χ1) is 10.7. The Bertz CT molecular complexity index is 714. The summed E-state index contributed by atoms with van der Waals surface area (Å²) in [6.07, 6.45) is 3.11. The highest BCUT2D eigenvalue weighted by molar-refractivity contribution is 5.98. The van der Waals surface area contributed by atoms with Gasteiger partial charge in [-0.2, -0.15) is 0 Å². The van der Waals surface area contributed by atoms with Crippen LogP contribution in [0.5, 0.6) is 0 Å². The van der Waals surface area contributed by atoms with Crippen molar-refractivity contribution >= 4 is 22.7 Å². The molecule has 2 heterocycles. The van der Waals surface area contributed by atoms with Crippen LogP contribution in [-0.2, 0) is 4.79 Å². The molecule has 3 rings (SSSR count). The normalized spacial score (nSPS) is 17.7. The lowest BCUT2D eigenvalue weighted by molar-refractivity contribution is -0.121. The third kappa shape index (κ3) is 2.93. The number of aromatic nitrogens is 1. The molecule has 5 heteroatoms. The maximum Gasteiger partial charge on any atom is 0.253 e. The van der Waals surface area contributed by atoms with Crippen LogP contribution in [0, 0.1) is 5.92 Å². The van der Waals surface area contributed by atoms with Crippen molar-refractivity contribution < 1.29 is 9.59 Å². The Labute approximate surface area is 129 Å². The van der Waals surface area contributed by atoms with Crippen LogP contribution in [0.25, 0.3) is 10.9 Å². The summed E-state index contributed by atoms with van der Waals surface area (Å²) in [6.45, 7) is 1.36. The molecule has 114 valence electrons. The summed E-state index contributed by atoms with van der Waals surface area (Å²) >= 11 is 0. The van der Waals surface area contributed by atoms with Crippen LogP contribution in [0.4, 0.5) is 0 Å². The molecule has 1 atom stereocenters. The minimum atomic E-state index is 0.0326. The first-order valence-electron chi connectivity index (χ1n) is 7.52. The summed E-state index contributed by atoms with van der Waals surface area (Å²) in [5.74, 6) is 0.326. The second-order valence-electron chi connectivity index (χ2n) is 5.69. The van der Waals surface area contributed by atoms with Crippen LogP contribution in [-0.4, -0.2) is 41.8 Å². The third-order valence-corrected chi connectivity index (χ3v) is 4.18. The maximum absolute atomic E-state index is 12.6. The zero-order valence-electron chi connectivity index (χ0n) is 12.6. The van der Waals surface area contributed by atoms with Gasteiger partial charge in [0.05, 0.1) is 5.52 Å². The largest absolute Gasteiger partial charge is 0.359 e. The number of benzene rings is 1. The number of pyridine rings is 1. The van der Waals surface area contributed by atoms with E-state index in [4.69, 9.17) is 0 Å². The second kappa shape index (κ2) is 6.13. The van der Waals surface area contributed by atoms with Crippen LogP contribution in [0.15, 0.2) is 36.5 Å². The Hall–Kier alpha value is -2.43. The fourth-order valence-corrected chi connectivity index (χ4v) is 2.94. The van der Waals surface area contributed by atoms with Crippen LogP contribution >= 0.6 is 0 Å². The monoisotopic (exact) mass is 297 g/mol. The number of carbonyl (C=O) groups is 2. The van der Waals surface area contributed by atoms with Crippen molar-refractivity contribution in [3.63, 3.8) is 0 Å². The van der Waals surface area contributed by atoms with E-state index in [9.17, 15) is 9.59 Å². The highest BCUT2D eigenvalue weighted by Gasteiger charge is 2.28. The SMILES string of the molecule is CNC(=O)CC1CCN(C(=O)c2ccc3ncccc3c2)C1. The Balaban J connectivity index is 1.72. The number of rotatable bonds is 3. The molecule has 1 saturated heterocycles. The van der Waals surface area contributed by atoms with Gasteiger partial charge < -0.3 is 10.2 Å². The van der Waals surface area contributed by atoms with E-state index < -0.39 is 0 Å². The lowest BCUT2D eigenvalue weighted by atomic mass is 10.0. The summed E-state index contributed by atoms with van der Waals surface area (Å²) in [6, 6.07) is 9.41. The standard InChI is InChI=1S/C17H19N3O2/c1-18-16(21)9-12-6-8-20(11-12)17(22)14-4-5-15-13(10-14)3-2-7-19-15/h2-5,7,10,12H,6,8-9,11H2,1H3,(H,18,21). The molecule has 1 unspecified atom stereocenters. The predicted octanol–water partition coefficient (Wildman–Crippen LogP) is 1.83. The third-order valence-electron chi connectivity index (χ3n) is 4.18. The van der Waals surface area contributed by atoms with Crippen molar-refractivity contribution in [3.05, 3.63) is 42.1 Å². The molecule has 0 radical (unpaired) electrons. The minimum Gasteiger partial charge on any atom is -0.359 e. The summed E-state index contributed by atoms with van der Waals surface area (Å²) in [5, 5.41) is 3.61. The Morgan fingerprint density at radius 1 is 1.36 bits per heavy atom. The first kappa shape index (κ1) is 14.5. The van der Waals surface area contributed by atoms with Gasteiger partial charge in [-0.1, -0.05) is 6.07 Å². The van der Waals surface area contributed by atoms with Gasteiger partial charge in [0.2, 0.25) is 5.91 Å². The average Bonchev–Trinajstić information content (AvgIpc) is 3.02. The first-order valence-corrected chi connectivity index (χ1v) is 7.52. The molecular weight excluding hydrogens is 278 g/mol. The fourth-order valence-electron chi connectivity index (χ4n) is 2.94. The molecule has 1 aliphatic heterocycles. The number of carbonyl (C=O) groups excluding carboxylic acids is 2. The van der Waals surface area contributed by atoms with E-state index in [1.165, 1.54) is 0 Å². The van der Waals surface area contributed by atoms with Crippen molar-refractivity contribution in [2.75, 3.05) is 20.1 Å². The van der Waals surface area contributed by atoms with Crippen LogP contribution < -0.4 is 5.32 Å². The highest BCUT2D eigenvalue weighted by atomic mass is 16.2. The maximum atomic E-state index is 12.6. The van der Waals surface area contributed by atoms with Crippen molar-refractivity contribution in [2.45, 2.75) is 12.8 Å². The average molecular weight is 297 g/mol. The second-order valence-corrected chi connectivity index (χ2v) is 5.69. The Morgan fingerprint density at radius 2 is 2.23 bits per heavy atom. The molecule has 22 heavy (non-hydrogen) atoms. The van der Waals surface area contributed by atoms with Gasteiger partial charge in [-0.25, -0.2) is 0 Å². The van der Waals surface area contributed by atoms with E-state index in [1.54, 1.807) is 13.2 Å². The van der Waals surface area contributed by atoms with Gasteiger partial charge in [0, 0.05) is 43.7 Å². The Morgan fingerprint density at radius 3 is 3.05 bits per heavy atom. The van der Waals surface area contributed by atoms with Crippen LogP contribution in [0.1, 0.15) is 23.2 Å². The summed E-state index contributed by atoms with van der Waals surface area (Å²) in [7, 11) is 1.64. The van der Waals surface area contributed by atoms with Gasteiger partial charge >= 0.3 is 0 Å². The van der Waals surface area contributed by atoms with Gasteiger partial charge in [-0.15, -0.1) is 0 Å². The topological polar surface area (TPSA) is 62.3 Å². The minimum absolute atomic E-state index is 0.0326. The van der Waals surface area contributed by atoms with Gasteiger partial charge in [-0.05, 0) is 36.6 Å². The molecule has 1 aromatic carbocycles. The number of nitrogens with one attached hydrogen (secondary N) is 1. The van der Waals surface area contributed by atoms with E-state index in [1.807, 2.05) is 35.2 Å². The molecule has 0 bridgehead atoms. The number of likely N-dealkylation sites (tertiary alicyclic amines) is 1. The van der Waals surface area contributed by atoms with Crippen molar-refractivity contribution in [3.8, 4) is 0 Å². The van der Waals surface area contributed by atoms with Gasteiger partial charge in [-0.3, -0.25) is 14.6 Å². The van der Waals surface area contributed by atoms with Gasteiger partial charge in [0.1, 0.15) is 0 Å². The van der Waals surface area contributed by atoms with Crippen molar-refractivity contribution in [2.24, 2.45) is 5.92 Å². The van der Waals surface area contributed by atoms with Crippen LogP contribution in [0.3, 0.4) is 0 Å². The number of hydrogen-bond acceptors (Lipinski definition) is 3. The molecule has 1 aliphatic rings.